The zero-order valence-corrected chi connectivity index (χ0v) is 7.31. The molecule has 1 aliphatic heterocycles. The highest BCUT2D eigenvalue weighted by atomic mass is 32.1. The Morgan fingerprint density at radius 3 is 3.00 bits per heavy atom. The second-order valence-corrected chi connectivity index (χ2v) is 3.60. The Morgan fingerprint density at radius 1 is 1.36 bits per heavy atom. The fourth-order valence-electron chi connectivity index (χ4n) is 1.66. The van der Waals surface area contributed by atoms with Crippen LogP contribution < -0.4 is 0 Å². The highest BCUT2D eigenvalue weighted by Gasteiger charge is 2.20. The first-order valence-electron chi connectivity index (χ1n) is 4.11. The molecule has 0 amide bonds. The molecular weight excluding hydrogens is 156 g/mol. The smallest absolute Gasteiger partial charge is 0.104 e. The van der Waals surface area contributed by atoms with Gasteiger partial charge in [0.05, 0.1) is 6.26 Å². The summed E-state index contributed by atoms with van der Waals surface area (Å²) in [7, 11) is 0. The fraction of sp³-hybridized carbons (Fsp3) is 0.556. The van der Waals surface area contributed by atoms with Crippen molar-refractivity contribution in [3.8, 4) is 0 Å². The van der Waals surface area contributed by atoms with Crippen molar-refractivity contribution in [1.82, 2.24) is 0 Å². The third kappa shape index (κ3) is 1.32. The molecule has 60 valence electrons. The highest BCUT2D eigenvalue weighted by Crippen LogP contribution is 2.32. The van der Waals surface area contributed by atoms with Gasteiger partial charge in [-0.25, -0.2) is 0 Å². The second kappa shape index (κ2) is 2.94. The summed E-state index contributed by atoms with van der Waals surface area (Å²) in [6, 6.07) is 0. The zero-order chi connectivity index (χ0) is 7.68. The van der Waals surface area contributed by atoms with Gasteiger partial charge in [-0.3, -0.25) is 0 Å². The average molecular weight is 168 g/mol. The molecule has 1 nitrogen and oxygen atoms in total. The first kappa shape index (κ1) is 7.29. The van der Waals surface area contributed by atoms with Crippen molar-refractivity contribution in [2.75, 3.05) is 0 Å². The van der Waals surface area contributed by atoms with Crippen LogP contribution in [0.2, 0.25) is 0 Å². The number of thiol groups is 1. The first-order chi connectivity index (χ1) is 5.38. The normalized spacial score (nSPS) is 29.7. The molecule has 0 aromatic carbocycles. The highest BCUT2D eigenvalue weighted by molar-refractivity contribution is 7.81. The third-order valence-electron chi connectivity index (χ3n) is 2.29. The molecule has 2 heteroatoms. The summed E-state index contributed by atoms with van der Waals surface area (Å²) in [5.74, 6) is 1.18. The van der Waals surface area contributed by atoms with Crippen LogP contribution in [0.4, 0.5) is 0 Å². The lowest BCUT2D eigenvalue weighted by Gasteiger charge is -2.24. The van der Waals surface area contributed by atoms with Crippen molar-refractivity contribution < 1.29 is 4.74 Å². The number of hydrogen-bond donors (Lipinski definition) is 1. The Labute approximate surface area is 72.5 Å². The summed E-state index contributed by atoms with van der Waals surface area (Å²) in [4.78, 5) is 0. The standard InChI is InChI=1S/C9H12OS/c11-9-5-6-10-8-4-2-1-3-7(8)9/h5-6,9,11H,1-4H2. The minimum atomic E-state index is 0.319. The maximum absolute atomic E-state index is 5.40. The van der Waals surface area contributed by atoms with Crippen molar-refractivity contribution in [1.29, 1.82) is 0 Å². The predicted octanol–water partition coefficient (Wildman–Crippen LogP) is 2.66. The third-order valence-corrected chi connectivity index (χ3v) is 2.77. The van der Waals surface area contributed by atoms with Crippen LogP contribution in [-0.2, 0) is 4.74 Å². The maximum atomic E-state index is 5.40. The number of hydrogen-bond acceptors (Lipinski definition) is 2. The average Bonchev–Trinajstić information content (AvgIpc) is 2.06. The van der Waals surface area contributed by atoms with E-state index in [1.807, 2.05) is 6.08 Å². The molecule has 1 unspecified atom stereocenters. The summed E-state index contributed by atoms with van der Waals surface area (Å²) in [6.07, 6.45) is 8.62. The minimum Gasteiger partial charge on any atom is -0.470 e. The monoisotopic (exact) mass is 168 g/mol. The summed E-state index contributed by atoms with van der Waals surface area (Å²) >= 11 is 4.46. The molecule has 2 aliphatic rings. The molecule has 1 heterocycles. The zero-order valence-electron chi connectivity index (χ0n) is 6.42. The van der Waals surface area contributed by atoms with Gasteiger partial charge in [-0.15, -0.1) is 0 Å². The summed E-state index contributed by atoms with van der Waals surface area (Å²) in [5.41, 5.74) is 1.40. The van der Waals surface area contributed by atoms with Gasteiger partial charge < -0.3 is 4.74 Å². The van der Waals surface area contributed by atoms with Gasteiger partial charge in [-0.05, 0) is 30.9 Å². The predicted molar refractivity (Wildman–Crippen MR) is 48.5 cm³/mol. The van der Waals surface area contributed by atoms with Crippen molar-refractivity contribution in [3.05, 3.63) is 23.7 Å². The largest absolute Gasteiger partial charge is 0.470 e. The van der Waals surface area contributed by atoms with Crippen LogP contribution in [0, 0.1) is 0 Å². The van der Waals surface area contributed by atoms with Crippen molar-refractivity contribution in [2.24, 2.45) is 0 Å². The summed E-state index contributed by atoms with van der Waals surface area (Å²) in [6.45, 7) is 0. The van der Waals surface area contributed by atoms with E-state index in [1.54, 1.807) is 6.26 Å². The molecule has 0 radical (unpaired) electrons. The number of allylic oxidation sites excluding steroid dienone is 1. The van der Waals surface area contributed by atoms with Gasteiger partial charge in [0.2, 0.25) is 0 Å². The Kier molecular flexibility index (Phi) is 1.95. The van der Waals surface area contributed by atoms with Crippen molar-refractivity contribution >= 4 is 12.6 Å². The Hall–Kier alpha value is -0.370. The van der Waals surface area contributed by atoms with E-state index in [1.165, 1.54) is 30.6 Å². The molecule has 0 spiro atoms. The quantitative estimate of drug-likeness (QED) is 0.547. The molecule has 1 atom stereocenters. The van der Waals surface area contributed by atoms with Gasteiger partial charge in [0.1, 0.15) is 5.76 Å². The van der Waals surface area contributed by atoms with Crippen LogP contribution in [0.25, 0.3) is 0 Å². The Balaban J connectivity index is 2.23. The van der Waals surface area contributed by atoms with Crippen molar-refractivity contribution in [3.63, 3.8) is 0 Å². The lowest BCUT2D eigenvalue weighted by atomic mass is 9.94. The van der Waals surface area contributed by atoms with Crippen LogP contribution in [0.3, 0.4) is 0 Å². The molecule has 0 aromatic rings. The van der Waals surface area contributed by atoms with E-state index in [9.17, 15) is 0 Å². The van der Waals surface area contributed by atoms with Crippen LogP contribution >= 0.6 is 12.6 Å². The molecule has 1 aliphatic carbocycles. The molecule has 0 aromatic heterocycles. The molecular formula is C9H12OS. The van der Waals surface area contributed by atoms with Gasteiger partial charge in [-0.2, -0.15) is 12.6 Å². The SMILES string of the molecule is SC1C=COC2=C1CCCC2. The van der Waals surface area contributed by atoms with Gasteiger partial charge in [0.15, 0.2) is 0 Å². The van der Waals surface area contributed by atoms with E-state index in [4.69, 9.17) is 4.74 Å². The van der Waals surface area contributed by atoms with E-state index in [0.717, 1.165) is 6.42 Å². The van der Waals surface area contributed by atoms with Crippen LogP contribution in [0.15, 0.2) is 23.7 Å². The van der Waals surface area contributed by atoms with Crippen LogP contribution in [0.1, 0.15) is 25.7 Å². The lowest BCUT2D eigenvalue weighted by Crippen LogP contribution is -2.12. The molecule has 0 saturated carbocycles. The van der Waals surface area contributed by atoms with Gasteiger partial charge in [-0.1, -0.05) is 0 Å². The van der Waals surface area contributed by atoms with Gasteiger partial charge in [0, 0.05) is 11.7 Å². The maximum Gasteiger partial charge on any atom is 0.104 e. The first-order valence-corrected chi connectivity index (χ1v) is 4.63. The molecule has 0 N–H and O–H groups in total. The summed E-state index contributed by atoms with van der Waals surface area (Å²) in [5, 5.41) is 0.319. The van der Waals surface area contributed by atoms with Gasteiger partial charge in [0.25, 0.3) is 0 Å². The number of ether oxygens (including phenoxy) is 1. The molecule has 11 heavy (non-hydrogen) atoms. The van der Waals surface area contributed by atoms with E-state index in [2.05, 4.69) is 12.6 Å². The van der Waals surface area contributed by atoms with E-state index in [-0.39, 0.29) is 0 Å². The topological polar surface area (TPSA) is 9.23 Å². The Morgan fingerprint density at radius 2 is 2.18 bits per heavy atom. The lowest BCUT2D eigenvalue weighted by molar-refractivity contribution is 0.302. The second-order valence-electron chi connectivity index (χ2n) is 3.05. The van der Waals surface area contributed by atoms with Crippen LogP contribution in [0.5, 0.6) is 0 Å². The van der Waals surface area contributed by atoms with E-state index in [0.29, 0.717) is 5.25 Å². The van der Waals surface area contributed by atoms with Gasteiger partial charge >= 0.3 is 0 Å². The number of rotatable bonds is 0. The van der Waals surface area contributed by atoms with Crippen LogP contribution in [-0.4, -0.2) is 5.25 Å². The molecule has 0 bridgehead atoms. The van der Waals surface area contributed by atoms with E-state index < -0.39 is 0 Å². The molecule has 0 saturated heterocycles. The minimum absolute atomic E-state index is 0.319. The van der Waals surface area contributed by atoms with Crippen molar-refractivity contribution in [2.45, 2.75) is 30.9 Å². The fourth-order valence-corrected chi connectivity index (χ4v) is 2.00. The Bertz CT molecular complexity index is 218. The summed E-state index contributed by atoms with van der Waals surface area (Å²) < 4.78 is 5.40. The van der Waals surface area contributed by atoms with E-state index >= 15 is 0 Å². The molecule has 0 fully saturated rings. The molecule has 2 rings (SSSR count).